The van der Waals surface area contributed by atoms with Crippen molar-refractivity contribution in [2.45, 2.75) is 18.8 Å². The number of carbonyl (C=O) groups excluding carboxylic acids is 1. The molecule has 0 aliphatic carbocycles. The zero-order valence-corrected chi connectivity index (χ0v) is 17.1. The summed E-state index contributed by atoms with van der Waals surface area (Å²) >= 11 is 0. The zero-order chi connectivity index (χ0) is 21.2. The minimum atomic E-state index is -0.262. The standard InChI is InChI=1S/C24H24FN5O/c25-20-7-3-17(4-8-20)22-14-23(28-27-22)19-2-1-12-29(15-19)24(31)18-5-9-21(10-6-18)30-13-11-26-16-30/h3-11,13-14,19,26H,1-2,12,15-16H2,(H,27,28)/t19-/m0/s1. The Kier molecular flexibility index (Phi) is 5.16. The lowest BCUT2D eigenvalue weighted by Gasteiger charge is -2.32. The van der Waals surface area contributed by atoms with Crippen LogP contribution in [0.25, 0.3) is 11.3 Å². The van der Waals surface area contributed by atoms with E-state index in [0.29, 0.717) is 12.1 Å². The third-order valence-electron chi connectivity index (χ3n) is 5.97. The van der Waals surface area contributed by atoms with E-state index in [4.69, 9.17) is 0 Å². The highest BCUT2D eigenvalue weighted by atomic mass is 19.1. The normalized spacial score (nSPS) is 18.3. The second kappa shape index (κ2) is 8.26. The summed E-state index contributed by atoms with van der Waals surface area (Å²) in [5.74, 6) is 0.00614. The summed E-state index contributed by atoms with van der Waals surface area (Å²) < 4.78 is 13.2. The molecule has 0 unspecified atom stereocenters. The highest BCUT2D eigenvalue weighted by Crippen LogP contribution is 2.29. The lowest BCUT2D eigenvalue weighted by molar-refractivity contribution is 0.0706. The molecule has 6 nitrogen and oxygen atoms in total. The van der Waals surface area contributed by atoms with Crippen molar-refractivity contribution in [2.24, 2.45) is 0 Å². The van der Waals surface area contributed by atoms with Gasteiger partial charge in [0.15, 0.2) is 0 Å². The Bertz CT molecular complexity index is 1090. The first kappa shape index (κ1) is 19.4. The molecule has 158 valence electrons. The Labute approximate surface area is 180 Å². The molecule has 7 heteroatoms. The highest BCUT2D eigenvalue weighted by Gasteiger charge is 2.27. The number of halogens is 1. The Morgan fingerprint density at radius 3 is 2.65 bits per heavy atom. The largest absolute Gasteiger partial charge is 0.372 e. The van der Waals surface area contributed by atoms with Gasteiger partial charge in [-0.25, -0.2) is 4.39 Å². The predicted molar refractivity (Wildman–Crippen MR) is 118 cm³/mol. The van der Waals surface area contributed by atoms with Crippen molar-refractivity contribution in [1.82, 2.24) is 20.4 Å². The van der Waals surface area contributed by atoms with Crippen LogP contribution < -0.4 is 10.2 Å². The summed E-state index contributed by atoms with van der Waals surface area (Å²) in [6.45, 7) is 2.16. The lowest BCUT2D eigenvalue weighted by Crippen LogP contribution is -2.39. The number of H-pyrrole nitrogens is 1. The van der Waals surface area contributed by atoms with Gasteiger partial charge in [-0.05, 0) is 67.4 Å². The minimum Gasteiger partial charge on any atom is -0.372 e. The molecule has 2 N–H and O–H groups in total. The van der Waals surface area contributed by atoms with Crippen molar-refractivity contribution in [2.75, 3.05) is 24.7 Å². The lowest BCUT2D eigenvalue weighted by atomic mass is 9.93. The predicted octanol–water partition coefficient (Wildman–Crippen LogP) is 4.07. The molecule has 0 bridgehead atoms. The SMILES string of the molecule is O=C(c1ccc(N2C=CNC2)cc1)N1CCC[C@H](c2cc(-c3ccc(F)cc3)n[nH]2)C1. The van der Waals surface area contributed by atoms with Gasteiger partial charge in [0.25, 0.3) is 5.91 Å². The van der Waals surface area contributed by atoms with Gasteiger partial charge in [-0.1, -0.05) is 0 Å². The van der Waals surface area contributed by atoms with E-state index >= 15 is 0 Å². The summed E-state index contributed by atoms with van der Waals surface area (Å²) in [6, 6.07) is 16.1. The first-order valence-electron chi connectivity index (χ1n) is 10.5. The van der Waals surface area contributed by atoms with Gasteiger partial charge < -0.3 is 15.1 Å². The molecule has 2 aliphatic heterocycles. The highest BCUT2D eigenvalue weighted by molar-refractivity contribution is 5.94. The van der Waals surface area contributed by atoms with Gasteiger partial charge in [-0.3, -0.25) is 9.89 Å². The molecule has 2 aromatic carbocycles. The zero-order valence-electron chi connectivity index (χ0n) is 17.1. The monoisotopic (exact) mass is 417 g/mol. The maximum absolute atomic E-state index is 13.2. The van der Waals surface area contributed by atoms with Crippen molar-refractivity contribution in [3.05, 3.63) is 84.1 Å². The maximum Gasteiger partial charge on any atom is 0.253 e. The number of aromatic amines is 1. The van der Waals surface area contributed by atoms with Crippen LogP contribution in [-0.4, -0.2) is 40.8 Å². The van der Waals surface area contributed by atoms with Crippen LogP contribution in [0.1, 0.15) is 34.8 Å². The van der Waals surface area contributed by atoms with Crippen LogP contribution in [0, 0.1) is 5.82 Å². The van der Waals surface area contributed by atoms with Gasteiger partial charge in [0.2, 0.25) is 0 Å². The van der Waals surface area contributed by atoms with Gasteiger partial charge >= 0.3 is 0 Å². The number of hydrogen-bond donors (Lipinski definition) is 2. The summed E-state index contributed by atoms with van der Waals surface area (Å²) in [6.07, 6.45) is 5.84. The number of likely N-dealkylation sites (tertiary alicyclic amines) is 1. The maximum atomic E-state index is 13.2. The minimum absolute atomic E-state index is 0.0598. The van der Waals surface area contributed by atoms with Crippen LogP contribution in [0.2, 0.25) is 0 Å². The van der Waals surface area contributed by atoms with Gasteiger partial charge in [0.05, 0.1) is 12.4 Å². The van der Waals surface area contributed by atoms with Gasteiger partial charge in [0.1, 0.15) is 5.82 Å². The quantitative estimate of drug-likeness (QED) is 0.672. The molecular formula is C24H24FN5O. The molecule has 1 amide bonds. The molecule has 5 rings (SSSR count). The van der Waals surface area contributed by atoms with E-state index in [0.717, 1.165) is 48.7 Å². The van der Waals surface area contributed by atoms with Gasteiger partial charge in [-0.15, -0.1) is 0 Å². The molecule has 1 aromatic heterocycles. The Hall–Kier alpha value is -3.61. The van der Waals surface area contributed by atoms with Crippen molar-refractivity contribution in [3.8, 4) is 11.3 Å². The van der Waals surface area contributed by atoms with Crippen molar-refractivity contribution >= 4 is 11.6 Å². The molecule has 0 saturated carbocycles. The molecule has 2 aliphatic rings. The van der Waals surface area contributed by atoms with Gasteiger partial charge in [-0.2, -0.15) is 5.10 Å². The van der Waals surface area contributed by atoms with Crippen LogP contribution >= 0.6 is 0 Å². The molecule has 3 heterocycles. The Morgan fingerprint density at radius 1 is 1.10 bits per heavy atom. The molecule has 0 spiro atoms. The van der Waals surface area contributed by atoms with E-state index in [-0.39, 0.29) is 17.6 Å². The fraction of sp³-hybridized carbons (Fsp3) is 0.250. The van der Waals surface area contributed by atoms with Crippen LogP contribution in [0.3, 0.4) is 0 Å². The first-order chi connectivity index (χ1) is 15.2. The summed E-state index contributed by atoms with van der Waals surface area (Å²) in [5.41, 5.74) is 4.44. The Balaban J connectivity index is 1.27. The molecule has 0 radical (unpaired) electrons. The average molecular weight is 417 g/mol. The van der Waals surface area contributed by atoms with Gasteiger partial charge in [0, 0.05) is 53.9 Å². The van der Waals surface area contributed by atoms with Crippen LogP contribution in [0.15, 0.2) is 67.0 Å². The number of hydrogen-bond acceptors (Lipinski definition) is 4. The van der Waals surface area contributed by atoms with E-state index in [9.17, 15) is 9.18 Å². The second-order valence-electron chi connectivity index (χ2n) is 8.00. The average Bonchev–Trinajstić information content (AvgIpc) is 3.52. The summed E-state index contributed by atoms with van der Waals surface area (Å²) in [7, 11) is 0. The van der Waals surface area contributed by atoms with E-state index in [1.807, 2.05) is 47.6 Å². The van der Waals surface area contributed by atoms with Crippen LogP contribution in [0.5, 0.6) is 0 Å². The number of piperidine rings is 1. The fourth-order valence-corrected chi connectivity index (χ4v) is 4.23. The van der Waals surface area contributed by atoms with Crippen molar-refractivity contribution < 1.29 is 9.18 Å². The number of rotatable bonds is 4. The first-order valence-corrected chi connectivity index (χ1v) is 10.5. The summed E-state index contributed by atoms with van der Waals surface area (Å²) in [5, 5.41) is 10.7. The molecule has 1 saturated heterocycles. The fourth-order valence-electron chi connectivity index (χ4n) is 4.23. The van der Waals surface area contributed by atoms with E-state index in [1.165, 1.54) is 12.1 Å². The van der Waals surface area contributed by atoms with E-state index < -0.39 is 0 Å². The van der Waals surface area contributed by atoms with Crippen molar-refractivity contribution in [3.63, 3.8) is 0 Å². The number of benzene rings is 2. The van der Waals surface area contributed by atoms with E-state index in [2.05, 4.69) is 20.4 Å². The number of carbonyl (C=O) groups is 1. The third-order valence-corrected chi connectivity index (χ3v) is 5.97. The van der Waals surface area contributed by atoms with E-state index in [1.54, 1.807) is 12.1 Å². The molecule has 1 fully saturated rings. The second-order valence-corrected chi connectivity index (χ2v) is 8.00. The number of nitrogens with one attached hydrogen (secondary N) is 2. The summed E-state index contributed by atoms with van der Waals surface area (Å²) in [4.78, 5) is 17.1. The number of nitrogens with zero attached hydrogens (tertiary/aromatic N) is 3. The molecule has 31 heavy (non-hydrogen) atoms. The Morgan fingerprint density at radius 2 is 1.90 bits per heavy atom. The number of amides is 1. The molecule has 3 aromatic rings. The topological polar surface area (TPSA) is 64.3 Å². The van der Waals surface area contributed by atoms with Crippen molar-refractivity contribution in [1.29, 1.82) is 0 Å². The van der Waals surface area contributed by atoms with Crippen LogP contribution in [-0.2, 0) is 0 Å². The smallest absolute Gasteiger partial charge is 0.253 e. The van der Waals surface area contributed by atoms with Crippen LogP contribution in [0.4, 0.5) is 10.1 Å². The molecule has 1 atom stereocenters. The number of aromatic nitrogens is 2. The third kappa shape index (κ3) is 4.03. The molecular weight excluding hydrogens is 393 g/mol. The number of anilines is 1.